The van der Waals surface area contributed by atoms with Gasteiger partial charge >= 0.3 is 5.97 Å². The molecule has 0 saturated heterocycles. The standard InChI is InChI=1S/C20H20N4O5/c1-27-16-8-11(6-12-10-23-20(22)24-18(12)21)7-14(17(16)28-2)15(19(25)26)9-13-4-3-5-29-13/h3-5,7-10H,6H2,1-2H3,(H,25,26)(H4,21,22,23,24). The lowest BCUT2D eigenvalue weighted by Gasteiger charge is -2.16. The second-order valence-corrected chi connectivity index (χ2v) is 6.07. The monoisotopic (exact) mass is 396 g/mol. The number of aromatic nitrogens is 2. The molecule has 3 rings (SSSR count). The first-order chi connectivity index (χ1) is 13.9. The lowest BCUT2D eigenvalue weighted by molar-refractivity contribution is -0.130. The first-order valence-electron chi connectivity index (χ1n) is 8.53. The molecule has 9 heteroatoms. The lowest BCUT2D eigenvalue weighted by Crippen LogP contribution is -2.06. The molecule has 0 aliphatic rings. The van der Waals surface area contributed by atoms with Gasteiger partial charge in [0.25, 0.3) is 0 Å². The zero-order chi connectivity index (χ0) is 21.0. The summed E-state index contributed by atoms with van der Waals surface area (Å²) in [6.07, 6.45) is 4.76. The lowest BCUT2D eigenvalue weighted by atomic mass is 9.97. The molecular formula is C20H20N4O5. The molecule has 29 heavy (non-hydrogen) atoms. The molecule has 9 nitrogen and oxygen atoms in total. The number of carboxylic acid groups (broad SMARTS) is 1. The summed E-state index contributed by atoms with van der Waals surface area (Å²) in [5.41, 5.74) is 13.2. The Bertz CT molecular complexity index is 1060. The number of carbonyl (C=O) groups is 1. The minimum absolute atomic E-state index is 0.0153. The van der Waals surface area contributed by atoms with E-state index in [1.165, 1.54) is 32.8 Å². The van der Waals surface area contributed by atoms with Gasteiger partial charge in [-0.05, 0) is 35.9 Å². The molecule has 0 aliphatic carbocycles. The number of ether oxygens (including phenoxy) is 2. The summed E-state index contributed by atoms with van der Waals surface area (Å²) in [5.74, 6) is 0.242. The Labute approximate surface area is 166 Å². The van der Waals surface area contributed by atoms with Gasteiger partial charge in [0, 0.05) is 23.7 Å². The number of anilines is 2. The van der Waals surface area contributed by atoms with Gasteiger partial charge in [-0.2, -0.15) is 4.98 Å². The minimum Gasteiger partial charge on any atom is -0.493 e. The summed E-state index contributed by atoms with van der Waals surface area (Å²) < 4.78 is 16.1. The first kappa shape index (κ1) is 19.7. The van der Waals surface area contributed by atoms with Crippen molar-refractivity contribution in [3.8, 4) is 11.5 Å². The normalized spacial score (nSPS) is 11.3. The van der Waals surface area contributed by atoms with Crippen LogP contribution in [0.3, 0.4) is 0 Å². The quantitative estimate of drug-likeness (QED) is 0.512. The van der Waals surface area contributed by atoms with Crippen LogP contribution < -0.4 is 20.9 Å². The van der Waals surface area contributed by atoms with Crippen LogP contribution in [0.1, 0.15) is 22.5 Å². The maximum absolute atomic E-state index is 12.0. The number of methoxy groups -OCH3 is 2. The number of nitrogens with two attached hydrogens (primary N) is 2. The highest BCUT2D eigenvalue weighted by Crippen LogP contribution is 2.38. The molecule has 0 spiro atoms. The van der Waals surface area contributed by atoms with E-state index in [-0.39, 0.29) is 23.1 Å². The van der Waals surface area contributed by atoms with E-state index in [2.05, 4.69) is 9.97 Å². The maximum atomic E-state index is 12.0. The molecule has 0 saturated carbocycles. The summed E-state index contributed by atoms with van der Waals surface area (Å²) >= 11 is 0. The highest BCUT2D eigenvalue weighted by atomic mass is 16.5. The van der Waals surface area contributed by atoms with Crippen molar-refractivity contribution in [2.75, 3.05) is 25.7 Å². The predicted molar refractivity (Wildman–Crippen MR) is 107 cm³/mol. The highest BCUT2D eigenvalue weighted by Gasteiger charge is 2.21. The molecule has 0 unspecified atom stereocenters. The number of furan rings is 1. The van der Waals surface area contributed by atoms with Crippen molar-refractivity contribution in [3.05, 3.63) is 59.2 Å². The number of nitrogens with zero attached hydrogens (tertiary/aromatic N) is 2. The topological polar surface area (TPSA) is 147 Å². The molecule has 2 heterocycles. The van der Waals surface area contributed by atoms with Crippen LogP contribution in [-0.2, 0) is 11.2 Å². The van der Waals surface area contributed by atoms with Crippen molar-refractivity contribution in [2.45, 2.75) is 6.42 Å². The third-order valence-corrected chi connectivity index (χ3v) is 4.20. The Kier molecular flexibility index (Phi) is 5.68. The summed E-state index contributed by atoms with van der Waals surface area (Å²) in [6.45, 7) is 0. The van der Waals surface area contributed by atoms with E-state index in [4.69, 9.17) is 25.4 Å². The van der Waals surface area contributed by atoms with Crippen molar-refractivity contribution in [3.63, 3.8) is 0 Å². The number of hydrogen-bond donors (Lipinski definition) is 3. The Balaban J connectivity index is 2.14. The molecule has 3 aromatic rings. The summed E-state index contributed by atoms with van der Waals surface area (Å²) in [6, 6.07) is 6.76. The van der Waals surface area contributed by atoms with Crippen molar-refractivity contribution in [2.24, 2.45) is 0 Å². The van der Waals surface area contributed by atoms with E-state index in [0.717, 1.165) is 5.56 Å². The molecule has 0 aliphatic heterocycles. The second kappa shape index (κ2) is 8.34. The molecule has 0 atom stereocenters. The van der Waals surface area contributed by atoms with Gasteiger partial charge in [-0.1, -0.05) is 0 Å². The van der Waals surface area contributed by atoms with Gasteiger partial charge in [0.15, 0.2) is 11.5 Å². The van der Waals surface area contributed by atoms with Crippen LogP contribution in [-0.4, -0.2) is 35.3 Å². The SMILES string of the molecule is COc1cc(Cc2cnc(N)nc2N)cc(C(=Cc2ccco2)C(=O)O)c1OC. The number of aliphatic carboxylic acids is 1. The van der Waals surface area contributed by atoms with Gasteiger partial charge in [0.2, 0.25) is 5.95 Å². The fraction of sp³-hybridized carbons (Fsp3) is 0.150. The van der Waals surface area contributed by atoms with E-state index in [1.54, 1.807) is 24.3 Å². The molecule has 0 amide bonds. The predicted octanol–water partition coefficient (Wildman–Crippen LogP) is 2.47. The van der Waals surface area contributed by atoms with Crippen LogP contribution in [0.5, 0.6) is 11.5 Å². The minimum atomic E-state index is -1.14. The van der Waals surface area contributed by atoms with Crippen molar-refractivity contribution in [1.29, 1.82) is 0 Å². The van der Waals surface area contributed by atoms with E-state index in [1.807, 2.05) is 0 Å². The number of hydrogen-bond acceptors (Lipinski definition) is 8. The molecule has 2 aromatic heterocycles. The average molecular weight is 396 g/mol. The van der Waals surface area contributed by atoms with Crippen LogP contribution in [0, 0.1) is 0 Å². The van der Waals surface area contributed by atoms with Gasteiger partial charge in [0.05, 0.1) is 26.1 Å². The number of carboxylic acids is 1. The summed E-state index contributed by atoms with van der Waals surface area (Å²) in [4.78, 5) is 19.9. The number of benzene rings is 1. The molecule has 1 aromatic carbocycles. The molecule has 0 fully saturated rings. The molecule has 5 N–H and O–H groups in total. The highest BCUT2D eigenvalue weighted by molar-refractivity contribution is 6.21. The van der Waals surface area contributed by atoms with Crippen LogP contribution >= 0.6 is 0 Å². The maximum Gasteiger partial charge on any atom is 0.336 e. The number of rotatable bonds is 7. The second-order valence-electron chi connectivity index (χ2n) is 6.07. The van der Waals surface area contributed by atoms with Gasteiger partial charge in [-0.15, -0.1) is 0 Å². The van der Waals surface area contributed by atoms with E-state index >= 15 is 0 Å². The zero-order valence-corrected chi connectivity index (χ0v) is 15.9. The van der Waals surface area contributed by atoms with E-state index in [0.29, 0.717) is 29.1 Å². The molecular weight excluding hydrogens is 376 g/mol. The van der Waals surface area contributed by atoms with E-state index in [9.17, 15) is 9.90 Å². The third-order valence-electron chi connectivity index (χ3n) is 4.20. The van der Waals surface area contributed by atoms with Crippen LogP contribution in [0.2, 0.25) is 0 Å². The van der Waals surface area contributed by atoms with Crippen LogP contribution in [0.4, 0.5) is 11.8 Å². The van der Waals surface area contributed by atoms with Crippen molar-refractivity contribution >= 4 is 29.4 Å². The average Bonchev–Trinajstić information content (AvgIpc) is 3.20. The molecule has 0 radical (unpaired) electrons. The van der Waals surface area contributed by atoms with Gasteiger partial charge in [-0.3, -0.25) is 0 Å². The Morgan fingerprint density at radius 1 is 1.28 bits per heavy atom. The van der Waals surface area contributed by atoms with Gasteiger partial charge in [-0.25, -0.2) is 9.78 Å². The molecule has 150 valence electrons. The van der Waals surface area contributed by atoms with Crippen LogP contribution in [0.15, 0.2) is 41.1 Å². The molecule has 0 bridgehead atoms. The number of nitrogen functional groups attached to an aromatic ring is 2. The third kappa shape index (κ3) is 4.29. The Morgan fingerprint density at radius 3 is 2.66 bits per heavy atom. The first-order valence-corrected chi connectivity index (χ1v) is 8.53. The fourth-order valence-corrected chi connectivity index (χ4v) is 2.88. The zero-order valence-electron chi connectivity index (χ0n) is 15.9. The largest absolute Gasteiger partial charge is 0.493 e. The van der Waals surface area contributed by atoms with Crippen molar-refractivity contribution in [1.82, 2.24) is 9.97 Å². The van der Waals surface area contributed by atoms with Gasteiger partial charge < -0.3 is 30.5 Å². The Morgan fingerprint density at radius 2 is 2.07 bits per heavy atom. The van der Waals surface area contributed by atoms with Gasteiger partial charge in [0.1, 0.15) is 11.6 Å². The summed E-state index contributed by atoms with van der Waals surface area (Å²) in [7, 11) is 2.92. The smallest absolute Gasteiger partial charge is 0.336 e. The van der Waals surface area contributed by atoms with Crippen LogP contribution in [0.25, 0.3) is 11.6 Å². The summed E-state index contributed by atoms with van der Waals surface area (Å²) in [5, 5.41) is 9.80. The fourth-order valence-electron chi connectivity index (χ4n) is 2.88. The Hall–Kier alpha value is -4.01. The van der Waals surface area contributed by atoms with E-state index < -0.39 is 5.97 Å². The van der Waals surface area contributed by atoms with Crippen molar-refractivity contribution < 1.29 is 23.8 Å².